The van der Waals surface area contributed by atoms with Crippen molar-refractivity contribution < 1.29 is 14.7 Å². The molecule has 0 aromatic carbocycles. The van der Waals surface area contributed by atoms with Gasteiger partial charge < -0.3 is 15.3 Å². The first-order valence-corrected chi connectivity index (χ1v) is 6.33. The molecule has 5 heteroatoms. The highest BCUT2D eigenvalue weighted by molar-refractivity contribution is 5.79. The standard InChI is InChI=1S/C13H24N2O3/c1-12(2,11(17)18)13(3,4)14-8-10(16)15(5)9-6-7-9/h9,14H,6-8H2,1-5H3,(H,17,18). The van der Waals surface area contributed by atoms with Crippen LogP contribution >= 0.6 is 0 Å². The van der Waals surface area contributed by atoms with Gasteiger partial charge in [0.2, 0.25) is 5.91 Å². The minimum Gasteiger partial charge on any atom is -0.481 e. The Morgan fingerprint density at radius 1 is 1.28 bits per heavy atom. The SMILES string of the molecule is CN(C(=O)CNC(C)(C)C(C)(C)C(=O)O)C1CC1. The molecule has 0 spiro atoms. The zero-order chi connectivity index (χ0) is 14.1. The van der Waals surface area contributed by atoms with E-state index in [0.717, 1.165) is 12.8 Å². The molecule has 1 aliphatic rings. The molecule has 0 saturated heterocycles. The summed E-state index contributed by atoms with van der Waals surface area (Å²) in [6.45, 7) is 7.13. The monoisotopic (exact) mass is 256 g/mol. The van der Waals surface area contributed by atoms with Crippen LogP contribution in [-0.2, 0) is 9.59 Å². The number of amides is 1. The van der Waals surface area contributed by atoms with Crippen molar-refractivity contribution in [2.24, 2.45) is 5.41 Å². The number of nitrogens with zero attached hydrogens (tertiary/aromatic N) is 1. The highest BCUT2D eigenvalue weighted by Crippen LogP contribution is 2.30. The molecule has 0 radical (unpaired) electrons. The van der Waals surface area contributed by atoms with Crippen LogP contribution in [0.3, 0.4) is 0 Å². The predicted molar refractivity (Wildman–Crippen MR) is 69.3 cm³/mol. The van der Waals surface area contributed by atoms with E-state index in [9.17, 15) is 14.7 Å². The Bertz CT molecular complexity index is 346. The normalized spacial score (nSPS) is 16.5. The fraction of sp³-hybridized carbons (Fsp3) is 0.846. The van der Waals surface area contributed by atoms with E-state index < -0.39 is 16.9 Å². The lowest BCUT2D eigenvalue weighted by atomic mass is 9.74. The van der Waals surface area contributed by atoms with Crippen LogP contribution in [0.2, 0.25) is 0 Å². The number of hydrogen-bond donors (Lipinski definition) is 2. The van der Waals surface area contributed by atoms with Gasteiger partial charge in [-0.25, -0.2) is 0 Å². The average Bonchev–Trinajstić information content (AvgIpc) is 3.08. The third kappa shape index (κ3) is 3.02. The molecule has 1 aliphatic carbocycles. The minimum absolute atomic E-state index is 0.0202. The van der Waals surface area contributed by atoms with Crippen molar-refractivity contribution in [1.29, 1.82) is 0 Å². The summed E-state index contributed by atoms with van der Waals surface area (Å²) in [5.74, 6) is -0.852. The molecular formula is C13H24N2O3. The van der Waals surface area contributed by atoms with Crippen LogP contribution in [0.15, 0.2) is 0 Å². The second-order valence-corrected chi connectivity index (χ2v) is 6.14. The maximum atomic E-state index is 11.9. The number of hydrogen-bond acceptors (Lipinski definition) is 3. The molecule has 0 aromatic rings. The van der Waals surface area contributed by atoms with Gasteiger partial charge in [-0.15, -0.1) is 0 Å². The smallest absolute Gasteiger partial charge is 0.310 e. The lowest BCUT2D eigenvalue weighted by Gasteiger charge is -2.39. The van der Waals surface area contributed by atoms with Gasteiger partial charge in [0.15, 0.2) is 0 Å². The number of carbonyl (C=O) groups is 2. The Morgan fingerprint density at radius 3 is 2.17 bits per heavy atom. The van der Waals surface area contributed by atoms with Crippen LogP contribution in [0, 0.1) is 5.41 Å². The van der Waals surface area contributed by atoms with Crippen molar-refractivity contribution in [3.63, 3.8) is 0 Å². The summed E-state index contributed by atoms with van der Waals surface area (Å²) in [5.41, 5.74) is -1.59. The Balaban J connectivity index is 2.55. The van der Waals surface area contributed by atoms with Crippen LogP contribution in [0.5, 0.6) is 0 Å². The summed E-state index contributed by atoms with van der Waals surface area (Å²) >= 11 is 0. The largest absolute Gasteiger partial charge is 0.481 e. The number of carbonyl (C=O) groups excluding carboxylic acids is 1. The third-order valence-electron chi connectivity index (χ3n) is 4.27. The Labute approximate surface area is 109 Å². The van der Waals surface area contributed by atoms with E-state index in [1.807, 2.05) is 13.8 Å². The van der Waals surface area contributed by atoms with Gasteiger partial charge in [-0.05, 0) is 40.5 Å². The molecule has 1 fully saturated rings. The highest BCUT2D eigenvalue weighted by Gasteiger charge is 2.43. The molecular weight excluding hydrogens is 232 g/mol. The Kier molecular flexibility index (Phi) is 4.05. The first-order valence-electron chi connectivity index (χ1n) is 6.33. The van der Waals surface area contributed by atoms with Gasteiger partial charge in [0.05, 0.1) is 12.0 Å². The van der Waals surface area contributed by atoms with Crippen LogP contribution in [-0.4, -0.2) is 47.1 Å². The van der Waals surface area contributed by atoms with Gasteiger partial charge in [-0.1, -0.05) is 0 Å². The van der Waals surface area contributed by atoms with E-state index in [-0.39, 0.29) is 12.5 Å². The summed E-state index contributed by atoms with van der Waals surface area (Å²) < 4.78 is 0. The molecule has 0 aliphatic heterocycles. The second kappa shape index (κ2) is 4.88. The van der Waals surface area contributed by atoms with Gasteiger partial charge >= 0.3 is 5.97 Å². The number of rotatable bonds is 6. The topological polar surface area (TPSA) is 69.6 Å². The third-order valence-corrected chi connectivity index (χ3v) is 4.27. The quantitative estimate of drug-likeness (QED) is 0.746. The van der Waals surface area contributed by atoms with Gasteiger partial charge in [0, 0.05) is 18.6 Å². The van der Waals surface area contributed by atoms with E-state index in [2.05, 4.69) is 5.32 Å². The number of carboxylic acid groups (broad SMARTS) is 1. The molecule has 1 rings (SSSR count). The number of likely N-dealkylation sites (N-methyl/N-ethyl adjacent to an activating group) is 1. The maximum Gasteiger partial charge on any atom is 0.310 e. The summed E-state index contributed by atoms with van der Waals surface area (Å²) in [5, 5.41) is 12.3. The van der Waals surface area contributed by atoms with Gasteiger partial charge in [-0.3, -0.25) is 9.59 Å². The van der Waals surface area contributed by atoms with Crippen molar-refractivity contribution in [3.8, 4) is 0 Å². The van der Waals surface area contributed by atoms with Crippen LogP contribution in [0.1, 0.15) is 40.5 Å². The Morgan fingerprint density at radius 2 is 1.78 bits per heavy atom. The molecule has 104 valence electrons. The second-order valence-electron chi connectivity index (χ2n) is 6.14. The Hall–Kier alpha value is -1.10. The number of carboxylic acids is 1. The number of aliphatic carboxylic acids is 1. The van der Waals surface area contributed by atoms with Crippen molar-refractivity contribution in [3.05, 3.63) is 0 Å². The summed E-state index contributed by atoms with van der Waals surface area (Å²) in [4.78, 5) is 24.9. The van der Waals surface area contributed by atoms with Crippen molar-refractivity contribution >= 4 is 11.9 Å². The zero-order valence-corrected chi connectivity index (χ0v) is 11.9. The maximum absolute atomic E-state index is 11.9. The fourth-order valence-electron chi connectivity index (χ4n) is 1.58. The molecule has 2 N–H and O–H groups in total. The van der Waals surface area contributed by atoms with E-state index in [1.54, 1.807) is 25.8 Å². The fourth-order valence-corrected chi connectivity index (χ4v) is 1.58. The molecule has 0 heterocycles. The first kappa shape index (κ1) is 15.0. The molecule has 0 bridgehead atoms. The van der Waals surface area contributed by atoms with Crippen molar-refractivity contribution in [2.45, 2.75) is 52.1 Å². The molecule has 1 saturated carbocycles. The van der Waals surface area contributed by atoms with Gasteiger partial charge in [0.1, 0.15) is 0 Å². The highest BCUT2D eigenvalue weighted by atomic mass is 16.4. The van der Waals surface area contributed by atoms with Crippen molar-refractivity contribution in [2.75, 3.05) is 13.6 Å². The molecule has 5 nitrogen and oxygen atoms in total. The molecule has 0 aromatic heterocycles. The molecule has 18 heavy (non-hydrogen) atoms. The molecule has 0 atom stereocenters. The van der Waals surface area contributed by atoms with E-state index in [0.29, 0.717) is 6.04 Å². The summed E-state index contributed by atoms with van der Waals surface area (Å²) in [6, 6.07) is 0.384. The van der Waals surface area contributed by atoms with Crippen LogP contribution < -0.4 is 5.32 Å². The predicted octanol–water partition coefficient (Wildman–Crippen LogP) is 1.09. The lowest BCUT2D eigenvalue weighted by Crippen LogP contribution is -2.57. The van der Waals surface area contributed by atoms with E-state index >= 15 is 0 Å². The summed E-state index contributed by atoms with van der Waals surface area (Å²) in [7, 11) is 1.80. The van der Waals surface area contributed by atoms with E-state index in [1.165, 1.54) is 0 Å². The lowest BCUT2D eigenvalue weighted by molar-refractivity contribution is -0.151. The van der Waals surface area contributed by atoms with Crippen LogP contribution in [0.25, 0.3) is 0 Å². The molecule has 1 amide bonds. The summed E-state index contributed by atoms with van der Waals surface area (Å²) in [6.07, 6.45) is 2.15. The van der Waals surface area contributed by atoms with Crippen molar-refractivity contribution in [1.82, 2.24) is 10.2 Å². The average molecular weight is 256 g/mol. The molecule has 0 unspecified atom stereocenters. The zero-order valence-electron chi connectivity index (χ0n) is 11.9. The van der Waals surface area contributed by atoms with Crippen LogP contribution in [0.4, 0.5) is 0 Å². The van der Waals surface area contributed by atoms with E-state index in [4.69, 9.17) is 0 Å². The minimum atomic E-state index is -0.939. The first-order chi connectivity index (χ1) is 8.09. The van der Waals surface area contributed by atoms with Gasteiger partial charge in [0.25, 0.3) is 0 Å². The van der Waals surface area contributed by atoms with Gasteiger partial charge in [-0.2, -0.15) is 0 Å². The number of nitrogens with one attached hydrogen (secondary N) is 1.